The van der Waals surface area contributed by atoms with E-state index in [0.29, 0.717) is 15.1 Å². The van der Waals surface area contributed by atoms with E-state index in [0.717, 1.165) is 16.8 Å². The maximum absolute atomic E-state index is 12.9. The van der Waals surface area contributed by atoms with Crippen molar-refractivity contribution in [2.24, 2.45) is 0 Å². The molecule has 4 aromatic carbocycles. The van der Waals surface area contributed by atoms with Crippen LogP contribution in [0.2, 0.25) is 30.1 Å². The van der Waals surface area contributed by atoms with E-state index in [1.807, 2.05) is 36.9 Å². The number of carbonyl (C=O) groups excluding carboxylic acids is 3. The molecule has 0 aliphatic carbocycles. The Morgan fingerprint density at radius 1 is 0.615 bits per heavy atom. The number of nitrogens with zero attached hydrogens (tertiary/aromatic N) is 1. The summed E-state index contributed by atoms with van der Waals surface area (Å²) in [4.78, 5) is 38.5. The normalized spacial score (nSPS) is 11.8. The Morgan fingerprint density at radius 3 is 1.48 bits per heavy atom. The molecular formula is C36H32Cl7NO8. The first-order chi connectivity index (χ1) is 24.6. The zero-order valence-corrected chi connectivity index (χ0v) is 33.6. The van der Waals surface area contributed by atoms with Crippen molar-refractivity contribution in [3.8, 4) is 5.75 Å². The lowest BCUT2D eigenvalue weighted by Crippen LogP contribution is -2.42. The summed E-state index contributed by atoms with van der Waals surface area (Å²) in [6, 6.07) is 17.8. The molecule has 0 saturated heterocycles. The summed E-state index contributed by atoms with van der Waals surface area (Å²) >= 11 is 41.2. The van der Waals surface area contributed by atoms with Gasteiger partial charge in [-0.1, -0.05) is 75.7 Å². The van der Waals surface area contributed by atoms with Crippen LogP contribution in [0.4, 0.5) is 5.69 Å². The molecule has 2 atom stereocenters. The summed E-state index contributed by atoms with van der Waals surface area (Å²) in [5.41, 5.74) is 3.19. The van der Waals surface area contributed by atoms with Gasteiger partial charge < -0.3 is 28.6 Å². The molecule has 52 heavy (non-hydrogen) atoms. The maximum atomic E-state index is 12.9. The van der Waals surface area contributed by atoms with Crippen LogP contribution >= 0.6 is 81.2 Å². The lowest BCUT2D eigenvalue weighted by molar-refractivity contribution is -0.0951. The zero-order chi connectivity index (χ0) is 38.7. The second kappa shape index (κ2) is 20.5. The van der Waals surface area contributed by atoms with Gasteiger partial charge >= 0.3 is 11.9 Å². The highest BCUT2D eigenvalue weighted by atomic mass is 35.5. The van der Waals surface area contributed by atoms with Crippen LogP contribution in [0.1, 0.15) is 42.2 Å². The topological polar surface area (TPSA) is 101 Å². The minimum atomic E-state index is -1.02. The van der Waals surface area contributed by atoms with Gasteiger partial charge in [-0.25, -0.2) is 9.59 Å². The summed E-state index contributed by atoms with van der Waals surface area (Å²) in [5, 5.41) is 0.886. The SMILES string of the molecule is COC(CN(CC(OC)OC(=O)c1cc(Cl)ccc1Cl)c1ccc(C)c(C)c1)OC(=O)c1cc(Cl)ccc1Cl.COc1c(Cl)ccc(Cl)c1C(=O)Cl. The van der Waals surface area contributed by atoms with Crippen molar-refractivity contribution in [2.75, 3.05) is 39.3 Å². The molecule has 0 spiro atoms. The van der Waals surface area contributed by atoms with E-state index in [1.54, 1.807) is 12.1 Å². The standard InChI is InChI=1S/C28H27Cl4NO6.C8H5Cl3O2/c1-16-5-8-20(11-17(16)2)33(14-25(36-3)38-27(34)21-12-18(29)6-9-23(21)31)15-26(37-4)39-28(35)22-13-19(30)7-10-24(22)32;1-13-7-5(10)3-2-4(9)6(7)8(11)12/h5-13,25-26H,14-15H2,1-4H3;2-3H,1H3. The first-order valence-corrected chi connectivity index (χ1v) is 17.7. The molecule has 16 heteroatoms. The fraction of sp³-hybridized carbons (Fsp3) is 0.250. The highest BCUT2D eigenvalue weighted by Gasteiger charge is 2.26. The molecule has 4 rings (SSSR count). The Bertz CT molecular complexity index is 1830. The molecule has 9 nitrogen and oxygen atoms in total. The number of esters is 2. The number of ether oxygens (including phenoxy) is 5. The summed E-state index contributed by atoms with van der Waals surface area (Å²) in [6.07, 6.45) is -2.05. The highest BCUT2D eigenvalue weighted by molar-refractivity contribution is 6.69. The quantitative estimate of drug-likeness (QED) is 0.0739. The average Bonchev–Trinajstić information content (AvgIpc) is 3.11. The van der Waals surface area contributed by atoms with Crippen LogP contribution in [-0.4, -0.2) is 64.2 Å². The first kappa shape index (κ1) is 43.4. The van der Waals surface area contributed by atoms with E-state index in [4.69, 9.17) is 105 Å². The van der Waals surface area contributed by atoms with Gasteiger partial charge in [0, 0.05) is 30.0 Å². The van der Waals surface area contributed by atoms with Gasteiger partial charge in [0.2, 0.25) is 12.6 Å². The van der Waals surface area contributed by atoms with E-state index in [9.17, 15) is 14.4 Å². The fourth-order valence-electron chi connectivity index (χ4n) is 4.48. The van der Waals surface area contributed by atoms with Crippen LogP contribution in [0.5, 0.6) is 5.75 Å². The first-order valence-electron chi connectivity index (χ1n) is 15.0. The molecule has 278 valence electrons. The number of rotatable bonds is 13. The van der Waals surface area contributed by atoms with E-state index >= 15 is 0 Å². The van der Waals surface area contributed by atoms with Crippen molar-refractivity contribution in [3.05, 3.63) is 125 Å². The lowest BCUT2D eigenvalue weighted by atomic mass is 10.1. The largest absolute Gasteiger partial charge is 0.494 e. The van der Waals surface area contributed by atoms with Crippen LogP contribution in [-0.2, 0) is 18.9 Å². The summed E-state index contributed by atoms with van der Waals surface area (Å²) in [6.45, 7) is 4.10. The predicted molar refractivity (Wildman–Crippen MR) is 207 cm³/mol. The molecule has 2 unspecified atom stereocenters. The van der Waals surface area contributed by atoms with Crippen LogP contribution < -0.4 is 9.64 Å². The molecule has 0 amide bonds. The van der Waals surface area contributed by atoms with Crippen LogP contribution in [0.15, 0.2) is 66.7 Å². The van der Waals surface area contributed by atoms with E-state index in [1.165, 1.54) is 57.7 Å². The highest BCUT2D eigenvalue weighted by Crippen LogP contribution is 2.34. The Labute approximate surface area is 336 Å². The minimum Gasteiger partial charge on any atom is -0.494 e. The number of aryl methyl sites for hydroxylation is 2. The summed E-state index contributed by atoms with van der Waals surface area (Å²) in [7, 11) is 4.21. The van der Waals surface area contributed by atoms with Crippen LogP contribution in [0, 0.1) is 13.8 Å². The Morgan fingerprint density at radius 2 is 1.08 bits per heavy atom. The third-order valence-corrected chi connectivity index (χ3v) is 9.28. The number of benzene rings is 4. The van der Waals surface area contributed by atoms with E-state index < -0.39 is 29.8 Å². The van der Waals surface area contributed by atoms with E-state index in [-0.39, 0.29) is 50.6 Å². The van der Waals surface area contributed by atoms with E-state index in [2.05, 4.69) is 0 Å². The lowest BCUT2D eigenvalue weighted by Gasteiger charge is -2.31. The van der Waals surface area contributed by atoms with Gasteiger partial charge in [0.1, 0.15) is 0 Å². The number of halogens is 7. The van der Waals surface area contributed by atoms with Gasteiger partial charge in [-0.15, -0.1) is 0 Å². The third kappa shape index (κ3) is 12.0. The van der Waals surface area contributed by atoms with Gasteiger partial charge in [0.05, 0.1) is 57.0 Å². The van der Waals surface area contributed by atoms with Crippen LogP contribution in [0.25, 0.3) is 0 Å². The molecule has 0 N–H and O–H groups in total. The van der Waals surface area contributed by atoms with Gasteiger partial charge in [-0.3, -0.25) is 4.79 Å². The maximum Gasteiger partial charge on any atom is 0.342 e. The molecule has 0 radical (unpaired) electrons. The zero-order valence-electron chi connectivity index (χ0n) is 28.3. The Kier molecular flexibility index (Phi) is 17.1. The third-order valence-electron chi connectivity index (χ3n) is 7.35. The van der Waals surface area contributed by atoms with Crippen LogP contribution in [0.3, 0.4) is 0 Å². The predicted octanol–water partition coefficient (Wildman–Crippen LogP) is 10.8. The summed E-state index contributed by atoms with van der Waals surface area (Å²) in [5.74, 6) is -1.21. The fourth-order valence-corrected chi connectivity index (χ4v) is 5.92. The smallest absolute Gasteiger partial charge is 0.342 e. The number of carbonyl (C=O) groups is 3. The molecule has 4 aromatic rings. The minimum absolute atomic E-state index is 0.0677. The van der Waals surface area contributed by atoms with Crippen molar-refractivity contribution in [1.29, 1.82) is 0 Å². The Hall–Kier alpha value is -2.96. The Balaban J connectivity index is 0.000000471. The molecule has 0 heterocycles. The molecule has 0 aliphatic heterocycles. The number of methoxy groups -OCH3 is 3. The molecule has 0 bridgehead atoms. The number of hydrogen-bond acceptors (Lipinski definition) is 9. The molecule has 0 fully saturated rings. The van der Waals surface area contributed by atoms with Crippen molar-refractivity contribution in [3.63, 3.8) is 0 Å². The summed E-state index contributed by atoms with van der Waals surface area (Å²) < 4.78 is 27.0. The van der Waals surface area contributed by atoms with Crippen molar-refractivity contribution < 1.29 is 38.1 Å². The van der Waals surface area contributed by atoms with Gasteiger partial charge in [0.25, 0.3) is 5.24 Å². The van der Waals surface area contributed by atoms with Crippen molar-refractivity contribution in [1.82, 2.24) is 0 Å². The van der Waals surface area contributed by atoms with Crippen molar-refractivity contribution in [2.45, 2.75) is 26.4 Å². The molecule has 0 saturated carbocycles. The van der Waals surface area contributed by atoms with Crippen molar-refractivity contribution >= 4 is 104 Å². The monoisotopic (exact) mass is 851 g/mol. The number of hydrogen-bond donors (Lipinski definition) is 0. The van der Waals surface area contributed by atoms with Gasteiger partial charge in [-0.05, 0) is 97.2 Å². The second-order valence-corrected chi connectivity index (χ2v) is 13.6. The second-order valence-electron chi connectivity index (χ2n) is 10.8. The van der Waals surface area contributed by atoms with Gasteiger partial charge in [-0.2, -0.15) is 0 Å². The van der Waals surface area contributed by atoms with Gasteiger partial charge in [0.15, 0.2) is 5.75 Å². The number of anilines is 1. The average molecular weight is 855 g/mol. The molecule has 0 aliphatic rings. The molecular weight excluding hydrogens is 823 g/mol. The molecule has 0 aromatic heterocycles.